The first-order chi connectivity index (χ1) is 18.9. The van der Waals surface area contributed by atoms with Crippen molar-refractivity contribution in [3.05, 3.63) is 77.9 Å². The number of phenols is 1. The number of hydrogen-bond acceptors (Lipinski definition) is 1. The quantitative estimate of drug-likeness (QED) is 0.181. The van der Waals surface area contributed by atoms with Crippen molar-refractivity contribution < 1.29 is 5.11 Å². The van der Waals surface area contributed by atoms with Gasteiger partial charge >= 0.3 is 0 Å². The maximum absolute atomic E-state index is 11.1. The zero-order chi connectivity index (χ0) is 28.0. The Kier molecular flexibility index (Phi) is 9.06. The molecule has 0 aliphatic rings. The Morgan fingerprint density at radius 2 is 1.05 bits per heavy atom. The minimum atomic E-state index is -1.51. The molecule has 0 saturated heterocycles. The minimum absolute atomic E-state index is 0.302. The maximum Gasteiger partial charge on any atom is 0.138 e. The molecule has 0 aliphatic carbocycles. The largest absolute Gasteiger partial charge is 0.507 e. The lowest BCUT2D eigenvalue weighted by Gasteiger charge is -2.20. The second kappa shape index (κ2) is 12.3. The van der Waals surface area contributed by atoms with E-state index < -0.39 is 16.1 Å². The van der Waals surface area contributed by atoms with Gasteiger partial charge in [-0.2, -0.15) is 0 Å². The summed E-state index contributed by atoms with van der Waals surface area (Å²) in [6, 6.07) is 30.3. The van der Waals surface area contributed by atoms with Crippen LogP contribution in [0.4, 0.5) is 0 Å². The van der Waals surface area contributed by atoms with E-state index in [1.54, 1.807) is 0 Å². The highest BCUT2D eigenvalue weighted by molar-refractivity contribution is 6.87. The molecule has 0 saturated carbocycles. The van der Waals surface area contributed by atoms with Gasteiger partial charge in [-0.15, -0.1) is 11.1 Å². The Morgan fingerprint density at radius 1 is 0.564 bits per heavy atom. The fourth-order valence-electron chi connectivity index (χ4n) is 5.70. The molecule has 0 atom stereocenters. The number of fused-ring (bicyclic) bond motifs is 2. The van der Waals surface area contributed by atoms with Gasteiger partial charge in [0.15, 0.2) is 0 Å². The predicted octanol–water partition coefficient (Wildman–Crippen LogP) is 10.2. The predicted molar refractivity (Wildman–Crippen MR) is 177 cm³/mol. The fraction of sp³-hybridized carbons (Fsp3) is 0.333. The summed E-state index contributed by atoms with van der Waals surface area (Å²) in [6.45, 7) is 13.8. The van der Waals surface area contributed by atoms with E-state index in [2.05, 4.69) is 119 Å². The van der Waals surface area contributed by atoms with Crippen LogP contribution in [-0.2, 0) is 0 Å². The number of aromatic hydroxyl groups is 1. The summed E-state index contributed by atoms with van der Waals surface area (Å²) in [5, 5.41) is 15.5. The van der Waals surface area contributed by atoms with Crippen LogP contribution in [0.5, 0.6) is 5.75 Å². The van der Waals surface area contributed by atoms with Crippen molar-refractivity contribution in [1.82, 2.24) is 0 Å². The smallest absolute Gasteiger partial charge is 0.138 e. The third-order valence-electron chi connectivity index (χ3n) is 9.15. The molecule has 200 valence electrons. The molecule has 4 aromatic carbocycles. The van der Waals surface area contributed by atoms with Gasteiger partial charge in [0, 0.05) is 16.7 Å². The Balaban J connectivity index is 1.80. The van der Waals surface area contributed by atoms with Crippen molar-refractivity contribution in [1.29, 1.82) is 0 Å². The summed E-state index contributed by atoms with van der Waals surface area (Å²) in [5.74, 6) is 7.34. The van der Waals surface area contributed by atoms with E-state index in [1.165, 1.54) is 36.3 Å². The molecule has 0 bridgehead atoms. The van der Waals surface area contributed by atoms with Crippen molar-refractivity contribution >= 4 is 37.7 Å². The van der Waals surface area contributed by atoms with Gasteiger partial charge in [0.05, 0.1) is 0 Å². The summed E-state index contributed by atoms with van der Waals surface area (Å²) in [5.41, 5.74) is 11.5. The van der Waals surface area contributed by atoms with E-state index in [0.29, 0.717) is 5.75 Å². The first kappa shape index (κ1) is 28.8. The van der Waals surface area contributed by atoms with Crippen LogP contribution in [0.3, 0.4) is 0 Å². The van der Waals surface area contributed by atoms with Crippen LogP contribution >= 0.6 is 0 Å². The van der Waals surface area contributed by atoms with E-state index in [0.717, 1.165) is 43.8 Å². The Bertz CT molecular complexity index is 1590. The molecule has 0 unspecified atom stereocenters. The summed E-state index contributed by atoms with van der Waals surface area (Å²) < 4.78 is 0. The Labute approximate surface area is 237 Å². The van der Waals surface area contributed by atoms with Gasteiger partial charge in [-0.05, 0) is 93.7 Å². The van der Waals surface area contributed by atoms with Gasteiger partial charge in [-0.3, -0.25) is 0 Å². The molecule has 0 heterocycles. The molecule has 0 radical (unpaired) electrons. The van der Waals surface area contributed by atoms with E-state index >= 15 is 0 Å². The van der Waals surface area contributed by atoms with Crippen LogP contribution in [0.15, 0.2) is 66.7 Å². The van der Waals surface area contributed by atoms with Crippen LogP contribution in [0.1, 0.15) is 52.7 Å². The molecule has 0 aromatic heterocycles. The van der Waals surface area contributed by atoms with Crippen LogP contribution < -0.4 is 0 Å². The van der Waals surface area contributed by atoms with Crippen molar-refractivity contribution in [2.75, 3.05) is 0 Å². The number of hydrogen-bond donors (Lipinski definition) is 1. The number of benzene rings is 4. The average Bonchev–Trinajstić information content (AvgIpc) is 2.99. The zero-order valence-electron chi connectivity index (χ0n) is 24.5. The van der Waals surface area contributed by atoms with E-state index in [9.17, 15) is 5.11 Å². The van der Waals surface area contributed by atoms with Crippen LogP contribution in [0.2, 0.25) is 36.3 Å². The van der Waals surface area contributed by atoms with E-state index in [4.69, 9.17) is 0 Å². The number of rotatable bonds is 7. The van der Waals surface area contributed by atoms with E-state index in [-0.39, 0.29) is 0 Å². The molecule has 4 rings (SSSR count). The van der Waals surface area contributed by atoms with Gasteiger partial charge in [-0.25, -0.2) is 0 Å². The van der Waals surface area contributed by atoms with Crippen molar-refractivity contribution in [3.63, 3.8) is 0 Å². The second-order valence-corrected chi connectivity index (χ2v) is 20.7. The van der Waals surface area contributed by atoms with Crippen LogP contribution in [-0.4, -0.2) is 21.3 Å². The molecule has 1 N–H and O–H groups in total. The SMILES string of the molecule is CC[Si](C#Cc1ccc2c(-c3c(O)ccc4cc(C#C[Si](CC)(CC)CC)ccc34)cccc2c1)(CC)CC. The molecule has 39 heavy (non-hydrogen) atoms. The van der Waals surface area contributed by atoms with Crippen molar-refractivity contribution in [3.8, 4) is 39.8 Å². The maximum atomic E-state index is 11.1. The second-order valence-electron chi connectivity index (χ2n) is 10.8. The number of phenolic OH excluding ortho intramolecular Hbond substituents is 1. The topological polar surface area (TPSA) is 20.2 Å². The third kappa shape index (κ3) is 5.86. The van der Waals surface area contributed by atoms with Gasteiger partial charge in [0.1, 0.15) is 21.9 Å². The van der Waals surface area contributed by atoms with Crippen molar-refractivity contribution in [2.45, 2.75) is 77.8 Å². The molecule has 0 spiro atoms. The zero-order valence-corrected chi connectivity index (χ0v) is 26.5. The molecular weight excluding hydrogens is 505 g/mol. The van der Waals surface area contributed by atoms with Gasteiger partial charge in [0.2, 0.25) is 0 Å². The molecule has 0 aliphatic heterocycles. The van der Waals surface area contributed by atoms with Crippen molar-refractivity contribution in [2.24, 2.45) is 0 Å². The fourth-order valence-corrected chi connectivity index (χ4v) is 10.6. The molecule has 0 amide bonds. The standard InChI is InChI=1S/C36H42OSi2/c1-7-38(8-2,9-3)24-22-28-16-19-32-30(26-28)14-13-15-34(32)36-33-20-17-29(27-31(33)18-21-35(36)37)23-25-39(10-4,11-5)12-6/h13-21,26-27,37H,7-12H2,1-6H3. The summed E-state index contributed by atoms with van der Waals surface area (Å²) in [6.07, 6.45) is 0. The molecule has 0 fully saturated rings. The average molecular weight is 547 g/mol. The normalized spacial score (nSPS) is 11.6. The molecule has 1 nitrogen and oxygen atoms in total. The lowest BCUT2D eigenvalue weighted by Crippen LogP contribution is -2.29. The Hall–Kier alpha value is -3.25. The monoisotopic (exact) mass is 546 g/mol. The summed E-state index contributed by atoms with van der Waals surface area (Å²) in [7, 11) is -3.01. The van der Waals surface area contributed by atoms with Gasteiger partial charge < -0.3 is 5.11 Å². The molecular formula is C36H42OSi2. The third-order valence-corrected chi connectivity index (χ3v) is 18.6. The first-order valence-corrected chi connectivity index (χ1v) is 20.0. The molecule has 4 aromatic rings. The van der Waals surface area contributed by atoms with Crippen LogP contribution in [0, 0.1) is 22.9 Å². The molecule has 3 heteroatoms. The van der Waals surface area contributed by atoms with Gasteiger partial charge in [-0.1, -0.05) is 89.8 Å². The minimum Gasteiger partial charge on any atom is -0.507 e. The highest BCUT2D eigenvalue weighted by Gasteiger charge is 2.25. The van der Waals surface area contributed by atoms with E-state index in [1.807, 2.05) is 12.1 Å². The Morgan fingerprint density at radius 3 is 1.56 bits per heavy atom. The van der Waals surface area contributed by atoms with Crippen LogP contribution in [0.25, 0.3) is 32.7 Å². The lowest BCUT2D eigenvalue weighted by molar-refractivity contribution is 0.478. The lowest BCUT2D eigenvalue weighted by atomic mass is 9.92. The highest BCUT2D eigenvalue weighted by atomic mass is 28.3. The highest BCUT2D eigenvalue weighted by Crippen LogP contribution is 2.40. The summed E-state index contributed by atoms with van der Waals surface area (Å²) >= 11 is 0. The van der Waals surface area contributed by atoms with Gasteiger partial charge in [0.25, 0.3) is 0 Å². The summed E-state index contributed by atoms with van der Waals surface area (Å²) in [4.78, 5) is 0. The first-order valence-electron chi connectivity index (χ1n) is 14.7.